The Morgan fingerprint density at radius 1 is 1.09 bits per heavy atom. The number of amides is 1. The highest BCUT2D eigenvalue weighted by atomic mass is 16.4. The van der Waals surface area contributed by atoms with Gasteiger partial charge in [0.05, 0.1) is 5.56 Å². The maximum absolute atomic E-state index is 12.5. The van der Waals surface area contributed by atoms with Crippen molar-refractivity contribution in [2.24, 2.45) is 0 Å². The monoisotopic (exact) mass is 304 g/mol. The number of hydrogen-bond acceptors (Lipinski definition) is 5. The van der Waals surface area contributed by atoms with Crippen molar-refractivity contribution in [1.29, 1.82) is 1.43 Å². The molecule has 0 aliphatic heterocycles. The van der Waals surface area contributed by atoms with E-state index >= 15 is 0 Å². The van der Waals surface area contributed by atoms with Crippen LogP contribution in [0.3, 0.4) is 0 Å². The van der Waals surface area contributed by atoms with E-state index in [1.165, 1.54) is 42.5 Å². The van der Waals surface area contributed by atoms with E-state index in [1.807, 2.05) is 0 Å². The highest BCUT2D eigenvalue weighted by Crippen LogP contribution is 2.30. The molecule has 0 aliphatic rings. The van der Waals surface area contributed by atoms with Gasteiger partial charge in [0.2, 0.25) is 0 Å². The van der Waals surface area contributed by atoms with Gasteiger partial charge < -0.3 is 20.4 Å². The number of carboxylic acids is 1. The van der Waals surface area contributed by atoms with E-state index in [2.05, 4.69) is 5.11 Å². The van der Waals surface area contributed by atoms with E-state index in [0.29, 0.717) is 0 Å². The number of carbonyl (C=O) groups is 2. The zero-order chi connectivity index (χ0) is 17.0. The molecule has 22 heavy (non-hydrogen) atoms. The minimum Gasteiger partial charge on any atom is -0.508 e. The number of rotatable bonds is 5. The number of aliphatic carboxylic acids is 1. The number of carboxylic acid groups (broad SMARTS) is 1. The molecular formula is C15H13NO6. The molecule has 0 heterocycles. The van der Waals surface area contributed by atoms with Crippen LogP contribution in [0.4, 0.5) is 5.69 Å². The van der Waals surface area contributed by atoms with Crippen molar-refractivity contribution >= 4 is 17.6 Å². The number of hydrogen-bond donors (Lipinski definition) is 4. The summed E-state index contributed by atoms with van der Waals surface area (Å²) in [7, 11) is 0. The molecule has 0 radical (unpaired) electrons. The van der Waals surface area contributed by atoms with E-state index in [9.17, 15) is 19.8 Å². The summed E-state index contributed by atoms with van der Waals surface area (Å²) in [5.41, 5.74) is 0.00742. The summed E-state index contributed by atoms with van der Waals surface area (Å²) in [6.07, 6.45) is 0. The van der Waals surface area contributed by atoms with Gasteiger partial charge in [-0.05, 0) is 36.4 Å². The van der Waals surface area contributed by atoms with Crippen LogP contribution in [0, 0.1) is 0 Å². The molecule has 2 aromatic rings. The lowest BCUT2D eigenvalue weighted by atomic mass is 10.1. The summed E-state index contributed by atoms with van der Waals surface area (Å²) in [4.78, 5) is 24.5. The van der Waals surface area contributed by atoms with E-state index in [-0.39, 0.29) is 17.0 Å². The Kier molecular flexibility index (Phi) is 3.78. The summed E-state index contributed by atoms with van der Waals surface area (Å²) in [5.74, 6) is -2.93. The van der Waals surface area contributed by atoms with Gasteiger partial charge in [0.25, 0.3) is 7.34 Å². The Morgan fingerprint density at radius 3 is 2.36 bits per heavy atom. The Labute approximate surface area is 126 Å². The molecule has 0 unspecified atom stereocenters. The summed E-state index contributed by atoms with van der Waals surface area (Å²) in [5, 5.41) is 32.5. The minimum absolute atomic E-state index is 0.219. The topological polar surface area (TPSA) is 118 Å². The second-order valence-electron chi connectivity index (χ2n) is 4.45. The molecule has 0 saturated heterocycles. The molecule has 0 saturated carbocycles. The third-order valence-corrected chi connectivity index (χ3v) is 2.93. The fourth-order valence-electron chi connectivity index (χ4n) is 1.89. The van der Waals surface area contributed by atoms with Gasteiger partial charge in [-0.1, -0.05) is 6.07 Å². The Hall–Kier alpha value is -3.22. The van der Waals surface area contributed by atoms with Gasteiger partial charge in [-0.25, -0.2) is 0 Å². The minimum atomic E-state index is -1.25. The lowest BCUT2D eigenvalue weighted by molar-refractivity contribution is -0.135. The molecule has 2 aromatic carbocycles. The van der Waals surface area contributed by atoms with Crippen LogP contribution in [-0.4, -0.2) is 40.3 Å². The van der Waals surface area contributed by atoms with Gasteiger partial charge >= 0.3 is 5.97 Å². The summed E-state index contributed by atoms with van der Waals surface area (Å²) >= 11 is 0. The van der Waals surface area contributed by atoms with Crippen molar-refractivity contribution in [1.82, 2.24) is 0 Å². The number of para-hydroxylation sites is 1. The molecule has 0 atom stereocenters. The molecular weight excluding hydrogens is 290 g/mol. The molecule has 1 amide bonds. The van der Waals surface area contributed by atoms with Crippen LogP contribution >= 0.6 is 0 Å². The average Bonchev–Trinajstić information content (AvgIpc) is 2.54. The third-order valence-electron chi connectivity index (χ3n) is 2.93. The number of aromatic hydroxyl groups is 3. The molecule has 7 nitrogen and oxygen atoms in total. The average molecular weight is 304 g/mol. The maximum Gasteiger partial charge on any atom is 0.323 e. The number of phenolic OH excluding ortho intramolecular Hbond substituents is 3. The van der Waals surface area contributed by atoms with Gasteiger partial charge in [0, 0.05) is 5.69 Å². The predicted molar refractivity (Wildman–Crippen MR) is 77.2 cm³/mol. The third kappa shape index (κ3) is 3.09. The van der Waals surface area contributed by atoms with Gasteiger partial charge in [0.1, 0.15) is 12.3 Å². The maximum atomic E-state index is 12.5. The normalized spacial score (nSPS) is 10.6. The molecule has 4 N–H and O–H groups in total. The van der Waals surface area contributed by atoms with Crippen molar-refractivity contribution < 1.29 is 30.0 Å². The largest absolute Gasteiger partial charge is 0.508 e. The standard InChI is InChI=1S/C15H13NO6/c17-10-6-4-9(5-7-10)16(8-13(19)20)15(22)11-2-1-3-12(18)14(11)21/h1-7,17-18,21H,8H2,(H,19,20)/i/hD. The summed E-state index contributed by atoms with van der Waals surface area (Å²) < 4.78 is 6.77. The highest BCUT2D eigenvalue weighted by Gasteiger charge is 2.24. The number of anilines is 1. The van der Waals surface area contributed by atoms with Crippen molar-refractivity contribution in [2.45, 2.75) is 0 Å². The first-order chi connectivity index (χ1) is 10.9. The number of carbonyl (C=O) groups excluding carboxylic acids is 1. The second kappa shape index (κ2) is 6.04. The van der Waals surface area contributed by atoms with Crippen molar-refractivity contribution in [3.8, 4) is 17.2 Å². The van der Waals surface area contributed by atoms with Crippen LogP contribution in [-0.2, 0) is 4.79 Å². The number of benzene rings is 2. The van der Waals surface area contributed by atoms with E-state index in [0.717, 1.165) is 4.90 Å². The Morgan fingerprint density at radius 2 is 1.77 bits per heavy atom. The summed E-state index contributed by atoms with van der Waals surface area (Å²) in [6, 6.07) is 9.44. The Balaban J connectivity index is 2.42. The molecule has 114 valence electrons. The zero-order valence-electron chi connectivity index (χ0n) is 12.3. The van der Waals surface area contributed by atoms with Gasteiger partial charge in [-0.2, -0.15) is 0 Å². The van der Waals surface area contributed by atoms with Gasteiger partial charge in [-0.3, -0.25) is 14.5 Å². The zero-order valence-corrected chi connectivity index (χ0v) is 11.3. The fourth-order valence-corrected chi connectivity index (χ4v) is 1.89. The van der Waals surface area contributed by atoms with Crippen LogP contribution in [0.1, 0.15) is 10.4 Å². The first-order valence-corrected chi connectivity index (χ1v) is 6.22. The Bertz CT molecular complexity index is 731. The molecule has 2 rings (SSSR count). The van der Waals surface area contributed by atoms with Crippen LogP contribution in [0.2, 0.25) is 0 Å². The highest BCUT2D eigenvalue weighted by molar-refractivity contribution is 6.10. The second-order valence-corrected chi connectivity index (χ2v) is 4.45. The van der Waals surface area contributed by atoms with Crippen LogP contribution < -0.4 is 4.90 Å². The van der Waals surface area contributed by atoms with Crippen molar-refractivity contribution in [3.05, 3.63) is 48.0 Å². The molecule has 0 spiro atoms. The molecule has 0 fully saturated rings. The van der Waals surface area contributed by atoms with Gasteiger partial charge in [0.15, 0.2) is 11.5 Å². The molecule has 0 bridgehead atoms. The van der Waals surface area contributed by atoms with E-state index < -0.39 is 29.9 Å². The SMILES string of the molecule is [2H]Oc1ccc(N(CC(=O)O)C(=O)c2cccc(O)c2O)cc1. The van der Waals surface area contributed by atoms with Crippen LogP contribution in [0.5, 0.6) is 17.2 Å². The van der Waals surface area contributed by atoms with Crippen LogP contribution in [0.15, 0.2) is 42.5 Å². The predicted octanol–water partition coefficient (Wildman–Crippen LogP) is 1.53. The summed E-state index contributed by atoms with van der Waals surface area (Å²) in [6.45, 7) is -0.644. The van der Waals surface area contributed by atoms with Crippen LogP contribution in [0.25, 0.3) is 0 Å². The number of nitrogens with zero attached hydrogens (tertiary/aromatic N) is 1. The molecule has 0 aromatic heterocycles. The van der Waals surface area contributed by atoms with E-state index in [4.69, 9.17) is 6.54 Å². The van der Waals surface area contributed by atoms with Gasteiger partial charge in [-0.15, -0.1) is 0 Å². The molecule has 7 heteroatoms. The number of phenols is 3. The fraction of sp³-hybridized carbons (Fsp3) is 0.0667. The van der Waals surface area contributed by atoms with Crippen molar-refractivity contribution in [2.75, 3.05) is 11.4 Å². The lowest BCUT2D eigenvalue weighted by Gasteiger charge is -2.21. The molecule has 0 aliphatic carbocycles. The lowest BCUT2D eigenvalue weighted by Crippen LogP contribution is -2.35. The van der Waals surface area contributed by atoms with Crippen molar-refractivity contribution in [3.63, 3.8) is 0 Å². The first kappa shape index (κ1) is 13.7. The quantitative estimate of drug-likeness (QED) is 0.622. The first-order valence-electron chi connectivity index (χ1n) is 6.62. The smallest absolute Gasteiger partial charge is 0.323 e. The van der Waals surface area contributed by atoms with E-state index in [1.54, 1.807) is 0 Å².